The summed E-state index contributed by atoms with van der Waals surface area (Å²) in [4.78, 5) is 10.6. The second-order valence-electron chi connectivity index (χ2n) is 5.07. The molecule has 1 fully saturated rings. The van der Waals surface area contributed by atoms with Gasteiger partial charge < -0.3 is 14.6 Å². The number of rotatable bonds is 6. The van der Waals surface area contributed by atoms with E-state index in [0.29, 0.717) is 13.0 Å². The molecule has 1 saturated heterocycles. The van der Waals surface area contributed by atoms with E-state index in [9.17, 15) is 17.6 Å². The summed E-state index contributed by atoms with van der Waals surface area (Å²) in [6.45, 7) is 1.00. The van der Waals surface area contributed by atoms with Crippen LogP contribution in [-0.4, -0.2) is 63.3 Å². The molecule has 1 unspecified atom stereocenters. The highest BCUT2D eigenvalue weighted by molar-refractivity contribution is 7.89. The molecule has 1 atom stereocenters. The van der Waals surface area contributed by atoms with Crippen molar-refractivity contribution in [3.05, 3.63) is 29.6 Å². The van der Waals surface area contributed by atoms with Gasteiger partial charge >= 0.3 is 5.97 Å². The third-order valence-electron chi connectivity index (χ3n) is 3.61. The summed E-state index contributed by atoms with van der Waals surface area (Å²) in [5.74, 6) is -2.53. The van der Waals surface area contributed by atoms with Crippen LogP contribution >= 0.6 is 0 Å². The summed E-state index contributed by atoms with van der Waals surface area (Å²) in [5.41, 5.74) is -0.568. The quantitative estimate of drug-likeness (QED) is 0.824. The van der Waals surface area contributed by atoms with Gasteiger partial charge in [0.2, 0.25) is 10.0 Å². The molecule has 0 spiro atoms. The van der Waals surface area contributed by atoms with Gasteiger partial charge in [0, 0.05) is 20.3 Å². The van der Waals surface area contributed by atoms with Crippen LogP contribution < -0.4 is 0 Å². The Balaban J connectivity index is 2.32. The van der Waals surface area contributed by atoms with Crippen LogP contribution in [0.4, 0.5) is 4.39 Å². The van der Waals surface area contributed by atoms with Gasteiger partial charge in [-0.3, -0.25) is 0 Å². The number of ether oxygens (including phenoxy) is 2. The lowest BCUT2D eigenvalue weighted by Gasteiger charge is -2.34. The maximum Gasteiger partial charge on any atom is 0.338 e. The number of benzene rings is 1. The van der Waals surface area contributed by atoms with Crippen molar-refractivity contribution in [1.29, 1.82) is 0 Å². The number of carbonyl (C=O) groups is 1. The van der Waals surface area contributed by atoms with Gasteiger partial charge in [0.15, 0.2) is 0 Å². The van der Waals surface area contributed by atoms with E-state index in [-0.39, 0.29) is 24.7 Å². The lowest BCUT2D eigenvalue weighted by atomic mass is 10.2. The van der Waals surface area contributed by atoms with Crippen molar-refractivity contribution < 1.29 is 32.2 Å². The van der Waals surface area contributed by atoms with E-state index in [1.165, 1.54) is 11.4 Å². The van der Waals surface area contributed by atoms with Crippen LogP contribution in [0.25, 0.3) is 0 Å². The molecular formula is C14H18FNO6S. The van der Waals surface area contributed by atoms with Crippen molar-refractivity contribution in [2.24, 2.45) is 0 Å². The molecule has 2 rings (SSSR count). The summed E-state index contributed by atoms with van der Waals surface area (Å²) >= 11 is 0. The Bertz CT molecular complexity index is 678. The fourth-order valence-electron chi connectivity index (χ4n) is 2.40. The molecule has 0 aliphatic carbocycles. The van der Waals surface area contributed by atoms with Gasteiger partial charge in [-0.15, -0.1) is 0 Å². The zero-order valence-corrected chi connectivity index (χ0v) is 13.4. The molecule has 1 aliphatic heterocycles. The fraction of sp³-hybridized carbons (Fsp3) is 0.500. The van der Waals surface area contributed by atoms with Gasteiger partial charge in [0.1, 0.15) is 5.82 Å². The van der Waals surface area contributed by atoms with Gasteiger partial charge in [-0.05, 0) is 24.6 Å². The first-order valence-corrected chi connectivity index (χ1v) is 8.43. The SMILES string of the molecule is COCCC1COCCN1S(=O)(=O)c1ccc(C(=O)O)c(F)c1. The summed E-state index contributed by atoms with van der Waals surface area (Å²) < 4.78 is 50.7. The summed E-state index contributed by atoms with van der Waals surface area (Å²) in [5, 5.41) is 8.82. The second-order valence-corrected chi connectivity index (χ2v) is 6.96. The normalized spacial score (nSPS) is 19.7. The molecule has 7 nitrogen and oxygen atoms in total. The molecule has 1 aliphatic rings. The maximum atomic E-state index is 13.8. The summed E-state index contributed by atoms with van der Waals surface area (Å²) in [7, 11) is -2.43. The van der Waals surface area contributed by atoms with Crippen molar-refractivity contribution in [3.8, 4) is 0 Å². The number of hydrogen-bond donors (Lipinski definition) is 1. The van der Waals surface area contributed by atoms with Gasteiger partial charge in [-0.25, -0.2) is 17.6 Å². The Morgan fingerprint density at radius 1 is 1.52 bits per heavy atom. The molecule has 0 saturated carbocycles. The van der Waals surface area contributed by atoms with Crippen LogP contribution in [0.15, 0.2) is 23.1 Å². The number of hydrogen-bond acceptors (Lipinski definition) is 5. The van der Waals surface area contributed by atoms with Gasteiger partial charge in [0.25, 0.3) is 0 Å². The first-order chi connectivity index (χ1) is 10.9. The average molecular weight is 347 g/mol. The number of halogens is 1. The van der Waals surface area contributed by atoms with Crippen molar-refractivity contribution >= 4 is 16.0 Å². The number of morpholine rings is 1. The van der Waals surface area contributed by atoms with Gasteiger partial charge in [0.05, 0.1) is 29.7 Å². The fourth-order valence-corrected chi connectivity index (χ4v) is 4.04. The van der Waals surface area contributed by atoms with Crippen molar-refractivity contribution in [2.75, 3.05) is 33.5 Å². The first kappa shape index (κ1) is 17.8. The standard InChI is InChI=1S/C14H18FNO6S/c1-21-6-4-10-9-22-7-5-16(10)23(19,20)11-2-3-12(14(17)18)13(15)8-11/h2-3,8,10H,4-7,9H2,1H3,(H,17,18). The topological polar surface area (TPSA) is 93.1 Å². The molecule has 9 heteroatoms. The smallest absolute Gasteiger partial charge is 0.338 e. The molecule has 1 aromatic rings. The Kier molecular flexibility index (Phi) is 5.69. The van der Waals surface area contributed by atoms with E-state index in [0.717, 1.165) is 18.2 Å². The van der Waals surface area contributed by atoms with E-state index in [2.05, 4.69) is 0 Å². The minimum absolute atomic E-state index is 0.152. The molecule has 0 radical (unpaired) electrons. The Hall–Kier alpha value is -1.55. The molecular weight excluding hydrogens is 329 g/mol. The van der Waals surface area contributed by atoms with Crippen molar-refractivity contribution in [3.63, 3.8) is 0 Å². The largest absolute Gasteiger partial charge is 0.478 e. The second kappa shape index (κ2) is 7.35. The van der Waals surface area contributed by atoms with E-state index in [1.54, 1.807) is 0 Å². The van der Waals surface area contributed by atoms with Gasteiger partial charge in [-0.1, -0.05) is 0 Å². The Labute approximate surface area is 133 Å². The molecule has 0 amide bonds. The summed E-state index contributed by atoms with van der Waals surface area (Å²) in [6, 6.07) is 2.39. The minimum Gasteiger partial charge on any atom is -0.478 e. The zero-order valence-electron chi connectivity index (χ0n) is 12.6. The molecule has 0 bridgehead atoms. The van der Waals surface area contributed by atoms with Crippen LogP contribution in [0.2, 0.25) is 0 Å². The number of carboxylic acid groups (broad SMARTS) is 1. The molecule has 1 heterocycles. The highest BCUT2D eigenvalue weighted by atomic mass is 32.2. The predicted octanol–water partition coefficient (Wildman–Crippen LogP) is 0.950. The Morgan fingerprint density at radius 3 is 2.87 bits per heavy atom. The number of aromatic carboxylic acids is 1. The summed E-state index contributed by atoms with van der Waals surface area (Å²) in [6.07, 6.45) is 0.450. The third kappa shape index (κ3) is 3.86. The average Bonchev–Trinajstić information content (AvgIpc) is 2.52. The molecule has 0 aromatic heterocycles. The highest BCUT2D eigenvalue weighted by Gasteiger charge is 2.34. The highest BCUT2D eigenvalue weighted by Crippen LogP contribution is 2.24. The molecule has 1 aromatic carbocycles. The zero-order chi connectivity index (χ0) is 17.0. The van der Waals surface area contributed by atoms with Crippen LogP contribution in [-0.2, 0) is 19.5 Å². The lowest BCUT2D eigenvalue weighted by Crippen LogP contribution is -2.49. The molecule has 23 heavy (non-hydrogen) atoms. The van der Waals surface area contributed by atoms with E-state index in [1.807, 2.05) is 0 Å². The minimum atomic E-state index is -3.94. The van der Waals surface area contributed by atoms with Crippen molar-refractivity contribution in [2.45, 2.75) is 17.4 Å². The van der Waals surface area contributed by atoms with Crippen LogP contribution in [0.5, 0.6) is 0 Å². The van der Waals surface area contributed by atoms with E-state index >= 15 is 0 Å². The van der Waals surface area contributed by atoms with Gasteiger partial charge in [-0.2, -0.15) is 4.31 Å². The van der Waals surface area contributed by atoms with E-state index in [4.69, 9.17) is 14.6 Å². The number of sulfonamides is 1. The number of nitrogens with zero attached hydrogens (tertiary/aromatic N) is 1. The van der Waals surface area contributed by atoms with Crippen molar-refractivity contribution in [1.82, 2.24) is 4.31 Å². The maximum absolute atomic E-state index is 13.8. The predicted molar refractivity (Wildman–Crippen MR) is 78.4 cm³/mol. The monoisotopic (exact) mass is 347 g/mol. The molecule has 128 valence electrons. The first-order valence-electron chi connectivity index (χ1n) is 6.99. The van der Waals surface area contributed by atoms with Crippen LogP contribution in [0, 0.1) is 5.82 Å². The van der Waals surface area contributed by atoms with Crippen LogP contribution in [0.1, 0.15) is 16.8 Å². The third-order valence-corrected chi connectivity index (χ3v) is 5.55. The molecule has 1 N–H and O–H groups in total. The lowest BCUT2D eigenvalue weighted by molar-refractivity contribution is 0.0204. The number of carboxylic acids is 1. The number of methoxy groups -OCH3 is 1. The van der Waals surface area contributed by atoms with E-state index < -0.39 is 33.4 Å². The Morgan fingerprint density at radius 2 is 2.26 bits per heavy atom. The van der Waals surface area contributed by atoms with Crippen LogP contribution in [0.3, 0.4) is 0 Å².